The van der Waals surface area contributed by atoms with E-state index in [1.807, 2.05) is 13.8 Å². The highest BCUT2D eigenvalue weighted by molar-refractivity contribution is 6.04. The topological polar surface area (TPSA) is 49.4 Å². The largest absolute Gasteiger partial charge is 0.326 e. The van der Waals surface area contributed by atoms with Gasteiger partial charge in [0.05, 0.1) is 0 Å². The number of rotatable bonds is 5. The van der Waals surface area contributed by atoms with Crippen LogP contribution in [0.5, 0.6) is 0 Å². The second-order valence-corrected chi connectivity index (χ2v) is 5.58. The predicted molar refractivity (Wildman–Crippen MR) is 73.5 cm³/mol. The molecule has 1 aliphatic heterocycles. The first kappa shape index (κ1) is 15.4. The second-order valence-electron chi connectivity index (χ2n) is 5.58. The standard InChI is InChI=1S/C15H18F2N2O2/c1-9(2)8-12-14(20)19(15(21)18-12)7-6-10-4-3-5-11(16)13(10)17/h3-5,9,12H,6-8H2,1-2H3,(H,18,21)/t12-/m0/s1. The molecule has 1 saturated heterocycles. The molecule has 3 amide bonds. The van der Waals surface area contributed by atoms with Crippen molar-refractivity contribution in [3.8, 4) is 0 Å². The van der Waals surface area contributed by atoms with Gasteiger partial charge in [-0.3, -0.25) is 9.69 Å². The average molecular weight is 296 g/mol. The van der Waals surface area contributed by atoms with Crippen molar-refractivity contribution in [2.75, 3.05) is 6.54 Å². The van der Waals surface area contributed by atoms with E-state index in [1.54, 1.807) is 0 Å². The molecule has 1 N–H and O–H groups in total. The average Bonchev–Trinajstić information content (AvgIpc) is 2.66. The van der Waals surface area contributed by atoms with Crippen LogP contribution >= 0.6 is 0 Å². The van der Waals surface area contributed by atoms with Crippen LogP contribution in [0.15, 0.2) is 18.2 Å². The third-order valence-electron chi connectivity index (χ3n) is 3.45. The number of amides is 3. The van der Waals surface area contributed by atoms with Crippen molar-refractivity contribution < 1.29 is 18.4 Å². The molecule has 0 aromatic heterocycles. The molecule has 4 nitrogen and oxygen atoms in total. The molecule has 6 heteroatoms. The normalized spacial score (nSPS) is 18.5. The van der Waals surface area contributed by atoms with Gasteiger partial charge in [-0.15, -0.1) is 0 Å². The Balaban J connectivity index is 2.01. The van der Waals surface area contributed by atoms with E-state index < -0.39 is 23.7 Å². The first-order chi connectivity index (χ1) is 9.90. The molecule has 0 unspecified atom stereocenters. The van der Waals surface area contributed by atoms with Crippen LogP contribution in [0.25, 0.3) is 0 Å². The van der Waals surface area contributed by atoms with Crippen molar-refractivity contribution in [1.29, 1.82) is 0 Å². The molecule has 1 aliphatic rings. The van der Waals surface area contributed by atoms with Crippen molar-refractivity contribution in [3.05, 3.63) is 35.4 Å². The summed E-state index contributed by atoms with van der Waals surface area (Å²) >= 11 is 0. The van der Waals surface area contributed by atoms with Crippen LogP contribution in [-0.4, -0.2) is 29.4 Å². The maximum absolute atomic E-state index is 13.5. The lowest BCUT2D eigenvalue weighted by molar-refractivity contribution is -0.127. The van der Waals surface area contributed by atoms with E-state index in [9.17, 15) is 18.4 Å². The predicted octanol–water partition coefficient (Wildman–Crippen LogP) is 2.47. The molecule has 0 saturated carbocycles. The molecule has 1 fully saturated rings. The first-order valence-corrected chi connectivity index (χ1v) is 6.95. The number of hydrogen-bond acceptors (Lipinski definition) is 2. The van der Waals surface area contributed by atoms with E-state index in [0.29, 0.717) is 6.42 Å². The van der Waals surface area contributed by atoms with Gasteiger partial charge in [0.25, 0.3) is 5.91 Å². The Bertz CT molecular complexity index is 561. The van der Waals surface area contributed by atoms with Crippen LogP contribution in [0, 0.1) is 17.6 Å². The fraction of sp³-hybridized carbons (Fsp3) is 0.467. The summed E-state index contributed by atoms with van der Waals surface area (Å²) in [7, 11) is 0. The van der Waals surface area contributed by atoms with E-state index in [-0.39, 0.29) is 30.4 Å². The summed E-state index contributed by atoms with van der Waals surface area (Å²) in [5, 5.41) is 2.62. The number of benzene rings is 1. The summed E-state index contributed by atoms with van der Waals surface area (Å²) in [6.45, 7) is 3.97. The molecule has 1 heterocycles. The van der Waals surface area contributed by atoms with Crippen molar-refractivity contribution in [2.45, 2.75) is 32.7 Å². The van der Waals surface area contributed by atoms with Crippen LogP contribution < -0.4 is 5.32 Å². The van der Waals surface area contributed by atoms with E-state index in [2.05, 4.69) is 5.32 Å². The third-order valence-corrected chi connectivity index (χ3v) is 3.45. The Morgan fingerprint density at radius 2 is 2.00 bits per heavy atom. The van der Waals surface area contributed by atoms with Gasteiger partial charge in [0, 0.05) is 6.54 Å². The summed E-state index contributed by atoms with van der Waals surface area (Å²) in [6, 6.07) is 2.90. The maximum Gasteiger partial charge on any atom is 0.324 e. The Morgan fingerprint density at radius 1 is 1.29 bits per heavy atom. The molecule has 114 valence electrons. The number of halogens is 2. The van der Waals surface area contributed by atoms with Crippen LogP contribution in [0.3, 0.4) is 0 Å². The third kappa shape index (κ3) is 3.37. The summed E-state index contributed by atoms with van der Waals surface area (Å²) < 4.78 is 26.6. The minimum Gasteiger partial charge on any atom is -0.326 e. The second kappa shape index (κ2) is 6.20. The summed E-state index contributed by atoms with van der Waals surface area (Å²) in [5.74, 6) is -1.88. The number of hydrogen-bond donors (Lipinski definition) is 1. The van der Waals surface area contributed by atoms with Gasteiger partial charge in [-0.2, -0.15) is 0 Å². The Morgan fingerprint density at radius 3 is 2.67 bits per heavy atom. The van der Waals surface area contributed by atoms with E-state index in [4.69, 9.17) is 0 Å². The zero-order valence-corrected chi connectivity index (χ0v) is 12.0. The molecule has 1 aromatic rings. The number of nitrogens with one attached hydrogen (secondary N) is 1. The lowest BCUT2D eigenvalue weighted by atomic mass is 10.0. The van der Waals surface area contributed by atoms with Crippen molar-refractivity contribution in [2.24, 2.45) is 5.92 Å². The van der Waals surface area contributed by atoms with E-state index in [1.165, 1.54) is 12.1 Å². The van der Waals surface area contributed by atoms with Crippen LogP contribution in [0.4, 0.5) is 13.6 Å². The van der Waals surface area contributed by atoms with E-state index in [0.717, 1.165) is 11.0 Å². The minimum absolute atomic E-state index is 0.0413. The minimum atomic E-state index is -0.928. The molecule has 2 rings (SSSR count). The number of imide groups is 1. The highest BCUT2D eigenvalue weighted by atomic mass is 19.2. The summed E-state index contributed by atoms with van der Waals surface area (Å²) in [6.07, 6.45) is 0.659. The van der Waals surface area contributed by atoms with Gasteiger partial charge >= 0.3 is 6.03 Å². The highest BCUT2D eigenvalue weighted by Crippen LogP contribution is 2.16. The SMILES string of the molecule is CC(C)C[C@@H]1NC(=O)N(CCc2cccc(F)c2F)C1=O. The van der Waals surface area contributed by atoms with Gasteiger partial charge in [-0.05, 0) is 30.4 Å². The van der Waals surface area contributed by atoms with Gasteiger partial charge in [-0.25, -0.2) is 13.6 Å². The van der Waals surface area contributed by atoms with Gasteiger partial charge in [0.2, 0.25) is 0 Å². The Labute approximate surface area is 122 Å². The van der Waals surface area contributed by atoms with Crippen LogP contribution in [0.2, 0.25) is 0 Å². The van der Waals surface area contributed by atoms with Gasteiger partial charge < -0.3 is 5.32 Å². The van der Waals surface area contributed by atoms with Gasteiger partial charge in [0.15, 0.2) is 11.6 Å². The number of nitrogens with zero attached hydrogens (tertiary/aromatic N) is 1. The van der Waals surface area contributed by atoms with E-state index >= 15 is 0 Å². The monoisotopic (exact) mass is 296 g/mol. The maximum atomic E-state index is 13.5. The number of carbonyl (C=O) groups excluding carboxylic acids is 2. The first-order valence-electron chi connectivity index (χ1n) is 6.95. The molecule has 21 heavy (non-hydrogen) atoms. The summed E-state index contributed by atoms with van der Waals surface area (Å²) in [4.78, 5) is 24.9. The molecule has 0 spiro atoms. The smallest absolute Gasteiger partial charge is 0.324 e. The lowest BCUT2D eigenvalue weighted by Gasteiger charge is -2.14. The quantitative estimate of drug-likeness (QED) is 0.849. The highest BCUT2D eigenvalue weighted by Gasteiger charge is 2.37. The molecule has 0 bridgehead atoms. The molecular weight excluding hydrogens is 278 g/mol. The summed E-state index contributed by atoms with van der Waals surface area (Å²) in [5.41, 5.74) is 0.155. The van der Waals surface area contributed by atoms with Gasteiger partial charge in [0.1, 0.15) is 6.04 Å². The van der Waals surface area contributed by atoms with Crippen LogP contribution in [-0.2, 0) is 11.2 Å². The number of carbonyl (C=O) groups is 2. The van der Waals surface area contributed by atoms with Gasteiger partial charge in [-0.1, -0.05) is 26.0 Å². The number of urea groups is 1. The fourth-order valence-corrected chi connectivity index (χ4v) is 2.39. The van der Waals surface area contributed by atoms with Crippen molar-refractivity contribution in [1.82, 2.24) is 10.2 Å². The zero-order valence-electron chi connectivity index (χ0n) is 12.0. The zero-order chi connectivity index (χ0) is 15.6. The Kier molecular flexibility index (Phi) is 4.55. The molecule has 0 aliphatic carbocycles. The van der Waals surface area contributed by atoms with Crippen molar-refractivity contribution in [3.63, 3.8) is 0 Å². The molecular formula is C15H18F2N2O2. The molecule has 1 atom stereocenters. The fourth-order valence-electron chi connectivity index (χ4n) is 2.39. The van der Waals surface area contributed by atoms with Crippen LogP contribution in [0.1, 0.15) is 25.8 Å². The Hall–Kier alpha value is -1.98. The molecule has 0 radical (unpaired) electrons. The van der Waals surface area contributed by atoms with Crippen molar-refractivity contribution >= 4 is 11.9 Å². The lowest BCUT2D eigenvalue weighted by Crippen LogP contribution is -2.33. The molecule has 1 aromatic carbocycles.